The molecule has 0 saturated carbocycles. The Bertz CT molecular complexity index is 281. The number of nitrogens with one attached hydrogen (secondary N) is 2. The van der Waals surface area contributed by atoms with Crippen LogP contribution in [0.5, 0.6) is 0 Å². The molecule has 98 valence electrons. The number of hydrogen-bond acceptors (Lipinski definition) is 3. The molecule has 0 aromatic heterocycles. The summed E-state index contributed by atoms with van der Waals surface area (Å²) >= 11 is 0. The first kappa shape index (κ1) is 15.2. The van der Waals surface area contributed by atoms with Gasteiger partial charge in [0.05, 0.1) is 0 Å². The topological polar surface area (TPSA) is 98.7 Å². The molecule has 0 aromatic rings. The number of likely N-dealkylation sites (N-methyl/N-ethyl adjacent to an activating group) is 2. The average molecular weight is 245 g/mol. The standard InChI is InChI=1S/C10H19N3O4/c1-11-8(14)7-13(2)10(17)12-6-4-3-5-9(15)16/h3-7H2,1-2H3,(H,11,14)(H,12,17)(H,15,16). The van der Waals surface area contributed by atoms with Crippen LogP contribution in [0.15, 0.2) is 0 Å². The second-order valence-electron chi connectivity index (χ2n) is 3.61. The highest BCUT2D eigenvalue weighted by Gasteiger charge is 2.10. The predicted molar refractivity (Wildman–Crippen MR) is 61.6 cm³/mol. The van der Waals surface area contributed by atoms with Gasteiger partial charge in [-0.3, -0.25) is 9.59 Å². The minimum atomic E-state index is -0.840. The van der Waals surface area contributed by atoms with Crippen LogP contribution in [0.4, 0.5) is 4.79 Å². The Hall–Kier alpha value is -1.79. The quantitative estimate of drug-likeness (QED) is 0.533. The van der Waals surface area contributed by atoms with E-state index in [-0.39, 0.29) is 24.9 Å². The van der Waals surface area contributed by atoms with Gasteiger partial charge in [-0.05, 0) is 12.8 Å². The summed E-state index contributed by atoms with van der Waals surface area (Å²) in [6.45, 7) is 0.404. The van der Waals surface area contributed by atoms with Crippen LogP contribution < -0.4 is 10.6 Å². The molecule has 0 aliphatic heterocycles. The van der Waals surface area contributed by atoms with Crippen molar-refractivity contribution in [3.63, 3.8) is 0 Å². The van der Waals surface area contributed by atoms with E-state index in [1.165, 1.54) is 19.0 Å². The summed E-state index contributed by atoms with van der Waals surface area (Å²) in [5.41, 5.74) is 0. The molecule has 0 spiro atoms. The lowest BCUT2D eigenvalue weighted by Gasteiger charge is -2.16. The highest BCUT2D eigenvalue weighted by Crippen LogP contribution is 1.94. The van der Waals surface area contributed by atoms with E-state index >= 15 is 0 Å². The molecule has 7 nitrogen and oxygen atoms in total. The van der Waals surface area contributed by atoms with E-state index in [2.05, 4.69) is 10.6 Å². The highest BCUT2D eigenvalue weighted by molar-refractivity contribution is 5.83. The van der Waals surface area contributed by atoms with E-state index in [1.807, 2.05) is 0 Å². The molecule has 0 rings (SSSR count). The molecule has 0 radical (unpaired) electrons. The normalized spacial score (nSPS) is 9.53. The number of unbranched alkanes of at least 4 members (excludes halogenated alkanes) is 1. The second kappa shape index (κ2) is 8.37. The van der Waals surface area contributed by atoms with Crippen molar-refractivity contribution in [2.45, 2.75) is 19.3 Å². The Labute approximate surface area is 100 Å². The van der Waals surface area contributed by atoms with Crippen molar-refractivity contribution >= 4 is 17.9 Å². The number of carbonyl (C=O) groups is 3. The highest BCUT2D eigenvalue weighted by atomic mass is 16.4. The lowest BCUT2D eigenvalue weighted by atomic mass is 10.2. The molecule has 17 heavy (non-hydrogen) atoms. The van der Waals surface area contributed by atoms with Gasteiger partial charge in [-0.25, -0.2) is 4.79 Å². The van der Waals surface area contributed by atoms with Crippen molar-refractivity contribution in [2.24, 2.45) is 0 Å². The Morgan fingerprint density at radius 1 is 1.24 bits per heavy atom. The summed E-state index contributed by atoms with van der Waals surface area (Å²) in [5, 5.41) is 13.4. The van der Waals surface area contributed by atoms with Crippen LogP contribution in [0.3, 0.4) is 0 Å². The monoisotopic (exact) mass is 245 g/mol. The molecule has 7 heteroatoms. The van der Waals surface area contributed by atoms with Crippen molar-refractivity contribution in [1.82, 2.24) is 15.5 Å². The van der Waals surface area contributed by atoms with Gasteiger partial charge in [-0.2, -0.15) is 0 Å². The fourth-order valence-electron chi connectivity index (χ4n) is 1.10. The predicted octanol–water partition coefficient (Wildman–Crippen LogP) is -0.371. The van der Waals surface area contributed by atoms with Crippen molar-refractivity contribution < 1.29 is 19.5 Å². The maximum atomic E-state index is 11.4. The smallest absolute Gasteiger partial charge is 0.317 e. The summed E-state index contributed by atoms with van der Waals surface area (Å²) in [7, 11) is 3.02. The van der Waals surface area contributed by atoms with Gasteiger partial charge in [0.25, 0.3) is 0 Å². The number of nitrogens with zero attached hydrogens (tertiary/aromatic N) is 1. The number of carboxylic acid groups (broad SMARTS) is 1. The largest absolute Gasteiger partial charge is 0.481 e. The first-order valence-electron chi connectivity index (χ1n) is 5.38. The van der Waals surface area contributed by atoms with Crippen LogP contribution in [0.1, 0.15) is 19.3 Å². The number of rotatable bonds is 7. The molecule has 0 aromatic carbocycles. The van der Waals surface area contributed by atoms with E-state index < -0.39 is 5.97 Å². The van der Waals surface area contributed by atoms with E-state index in [4.69, 9.17) is 5.11 Å². The summed E-state index contributed by atoms with van der Waals surface area (Å²) in [4.78, 5) is 33.9. The second-order valence-corrected chi connectivity index (χ2v) is 3.61. The van der Waals surface area contributed by atoms with Crippen LogP contribution in [-0.4, -0.2) is 55.1 Å². The molecule has 0 bridgehead atoms. The van der Waals surface area contributed by atoms with Gasteiger partial charge in [-0.1, -0.05) is 0 Å². The van der Waals surface area contributed by atoms with Gasteiger partial charge in [0.15, 0.2) is 0 Å². The SMILES string of the molecule is CNC(=O)CN(C)C(=O)NCCCCC(=O)O. The van der Waals surface area contributed by atoms with Crippen LogP contribution in [0.2, 0.25) is 0 Å². The molecule has 0 unspecified atom stereocenters. The summed E-state index contributed by atoms with van der Waals surface area (Å²) in [5.74, 6) is -1.08. The van der Waals surface area contributed by atoms with Crippen LogP contribution in [-0.2, 0) is 9.59 Å². The van der Waals surface area contributed by atoms with E-state index in [9.17, 15) is 14.4 Å². The molecule has 0 aliphatic rings. The third-order valence-electron chi connectivity index (χ3n) is 2.10. The lowest BCUT2D eigenvalue weighted by molar-refractivity contribution is -0.137. The third kappa shape index (κ3) is 8.06. The first-order valence-corrected chi connectivity index (χ1v) is 5.38. The van der Waals surface area contributed by atoms with Crippen LogP contribution in [0.25, 0.3) is 0 Å². The number of amides is 3. The molecule has 3 N–H and O–H groups in total. The third-order valence-corrected chi connectivity index (χ3v) is 2.10. The summed E-state index contributed by atoms with van der Waals surface area (Å²) in [6.07, 6.45) is 1.23. The molecule has 0 fully saturated rings. The molecule has 0 saturated heterocycles. The van der Waals surface area contributed by atoms with Gasteiger partial charge in [-0.15, -0.1) is 0 Å². The van der Waals surface area contributed by atoms with Crippen molar-refractivity contribution in [1.29, 1.82) is 0 Å². The van der Waals surface area contributed by atoms with Gasteiger partial charge in [0, 0.05) is 27.1 Å². The molecular formula is C10H19N3O4. The van der Waals surface area contributed by atoms with E-state index in [1.54, 1.807) is 0 Å². The lowest BCUT2D eigenvalue weighted by Crippen LogP contribution is -2.42. The zero-order valence-corrected chi connectivity index (χ0v) is 10.2. The summed E-state index contributed by atoms with van der Waals surface area (Å²) < 4.78 is 0. The minimum absolute atomic E-state index is 0.00252. The van der Waals surface area contributed by atoms with Crippen molar-refractivity contribution in [2.75, 3.05) is 27.2 Å². The van der Waals surface area contributed by atoms with Crippen molar-refractivity contribution in [3.8, 4) is 0 Å². The number of aliphatic carboxylic acids is 1. The number of carboxylic acids is 1. The van der Waals surface area contributed by atoms with E-state index in [0.29, 0.717) is 19.4 Å². The maximum absolute atomic E-state index is 11.4. The van der Waals surface area contributed by atoms with Crippen molar-refractivity contribution in [3.05, 3.63) is 0 Å². The Morgan fingerprint density at radius 3 is 2.41 bits per heavy atom. The Kier molecular flexibility index (Phi) is 7.49. The van der Waals surface area contributed by atoms with E-state index in [0.717, 1.165) is 0 Å². The number of urea groups is 1. The van der Waals surface area contributed by atoms with Crippen LogP contribution in [0, 0.1) is 0 Å². The fraction of sp³-hybridized carbons (Fsp3) is 0.700. The van der Waals surface area contributed by atoms with Gasteiger partial charge >= 0.3 is 12.0 Å². The summed E-state index contributed by atoms with van der Waals surface area (Å²) in [6, 6.07) is -0.344. The Morgan fingerprint density at radius 2 is 1.88 bits per heavy atom. The fourth-order valence-corrected chi connectivity index (χ4v) is 1.10. The number of carbonyl (C=O) groups excluding carboxylic acids is 2. The molecule has 0 heterocycles. The molecular weight excluding hydrogens is 226 g/mol. The zero-order chi connectivity index (χ0) is 13.3. The molecule has 0 aliphatic carbocycles. The maximum Gasteiger partial charge on any atom is 0.317 e. The Balaban J connectivity index is 3.64. The van der Waals surface area contributed by atoms with Gasteiger partial charge in [0.1, 0.15) is 6.54 Å². The number of hydrogen-bond donors (Lipinski definition) is 3. The average Bonchev–Trinajstić information content (AvgIpc) is 2.27. The van der Waals surface area contributed by atoms with Gasteiger partial charge < -0.3 is 20.6 Å². The molecule has 0 atom stereocenters. The zero-order valence-electron chi connectivity index (χ0n) is 10.2. The first-order chi connectivity index (χ1) is 7.97. The molecule has 3 amide bonds. The van der Waals surface area contributed by atoms with Gasteiger partial charge in [0.2, 0.25) is 5.91 Å². The van der Waals surface area contributed by atoms with Crippen LogP contribution >= 0.6 is 0 Å². The minimum Gasteiger partial charge on any atom is -0.481 e.